The van der Waals surface area contributed by atoms with Crippen molar-refractivity contribution in [2.45, 2.75) is 31.3 Å². The third-order valence-electron chi connectivity index (χ3n) is 2.49. The molecule has 0 heterocycles. The lowest BCUT2D eigenvalue weighted by Crippen LogP contribution is -2.29. The third-order valence-corrected chi connectivity index (χ3v) is 5.07. The Labute approximate surface area is 101 Å². The molecule has 1 aromatic rings. The molecular formula is C12H16O4S. The van der Waals surface area contributed by atoms with Crippen LogP contribution in [0.3, 0.4) is 0 Å². The largest absolute Gasteiger partial charge is 0.478 e. The van der Waals surface area contributed by atoms with Crippen LogP contribution in [0.4, 0.5) is 0 Å². The van der Waals surface area contributed by atoms with Crippen LogP contribution >= 0.6 is 0 Å². The topological polar surface area (TPSA) is 71.4 Å². The molecule has 5 heteroatoms. The molecule has 94 valence electrons. The zero-order valence-corrected chi connectivity index (χ0v) is 10.9. The van der Waals surface area contributed by atoms with Gasteiger partial charge >= 0.3 is 5.97 Å². The third kappa shape index (κ3) is 3.30. The molecule has 17 heavy (non-hydrogen) atoms. The van der Waals surface area contributed by atoms with Crippen LogP contribution in [0.2, 0.25) is 0 Å². The van der Waals surface area contributed by atoms with Crippen LogP contribution in [0.1, 0.15) is 36.7 Å². The molecule has 0 bridgehead atoms. The summed E-state index contributed by atoms with van der Waals surface area (Å²) in [7, 11) is -3.23. The van der Waals surface area contributed by atoms with Crippen molar-refractivity contribution in [1.82, 2.24) is 0 Å². The van der Waals surface area contributed by atoms with Crippen molar-refractivity contribution in [3.05, 3.63) is 35.4 Å². The van der Waals surface area contributed by atoms with Gasteiger partial charge in [-0.25, -0.2) is 13.2 Å². The van der Waals surface area contributed by atoms with Gasteiger partial charge in [0.2, 0.25) is 0 Å². The molecule has 0 aliphatic carbocycles. The molecule has 0 aromatic heterocycles. The van der Waals surface area contributed by atoms with Crippen molar-refractivity contribution < 1.29 is 18.3 Å². The van der Waals surface area contributed by atoms with E-state index in [1.54, 1.807) is 20.8 Å². The summed E-state index contributed by atoms with van der Waals surface area (Å²) in [5.41, 5.74) is 0.756. The summed E-state index contributed by atoms with van der Waals surface area (Å²) in [5, 5.41) is 8.72. The van der Waals surface area contributed by atoms with Gasteiger partial charge in [0.05, 0.1) is 16.1 Å². The minimum Gasteiger partial charge on any atom is -0.478 e. The molecule has 0 saturated carbocycles. The van der Waals surface area contributed by atoms with Gasteiger partial charge in [-0.1, -0.05) is 12.1 Å². The van der Waals surface area contributed by atoms with Crippen LogP contribution in [-0.4, -0.2) is 24.2 Å². The second-order valence-corrected chi connectivity index (χ2v) is 7.62. The molecule has 0 fully saturated rings. The highest BCUT2D eigenvalue weighted by Crippen LogP contribution is 2.20. The molecule has 0 amide bonds. The number of rotatable bonds is 3. The smallest absolute Gasteiger partial charge is 0.335 e. The van der Waals surface area contributed by atoms with Crippen LogP contribution in [0.5, 0.6) is 0 Å². The Morgan fingerprint density at radius 2 is 1.65 bits per heavy atom. The summed E-state index contributed by atoms with van der Waals surface area (Å²) in [4.78, 5) is 10.6. The van der Waals surface area contributed by atoms with Crippen LogP contribution in [0.25, 0.3) is 0 Å². The number of benzene rings is 1. The lowest BCUT2D eigenvalue weighted by molar-refractivity contribution is 0.0697. The van der Waals surface area contributed by atoms with E-state index >= 15 is 0 Å². The summed E-state index contributed by atoms with van der Waals surface area (Å²) in [5.74, 6) is -1.09. The van der Waals surface area contributed by atoms with Gasteiger partial charge in [0.15, 0.2) is 9.84 Å². The van der Waals surface area contributed by atoms with E-state index in [4.69, 9.17) is 5.11 Å². The number of sulfone groups is 1. The van der Waals surface area contributed by atoms with Gasteiger partial charge in [-0.2, -0.15) is 0 Å². The lowest BCUT2D eigenvalue weighted by atomic mass is 10.1. The first kappa shape index (κ1) is 13.7. The first-order valence-electron chi connectivity index (χ1n) is 5.18. The standard InChI is InChI=1S/C12H16O4S/c1-12(2,3)17(15,16)8-9-4-6-10(7-5-9)11(13)14/h4-7H,8H2,1-3H3,(H,13,14). The van der Waals surface area contributed by atoms with Crippen LogP contribution in [0.15, 0.2) is 24.3 Å². The fourth-order valence-corrected chi connectivity index (χ4v) is 2.24. The molecule has 0 aliphatic heterocycles. The Morgan fingerprint density at radius 1 is 1.18 bits per heavy atom. The molecule has 0 saturated heterocycles. The summed E-state index contributed by atoms with van der Waals surface area (Å²) in [6.45, 7) is 4.94. The quantitative estimate of drug-likeness (QED) is 0.899. The molecule has 0 aliphatic rings. The Bertz CT molecular complexity index is 506. The first-order valence-corrected chi connectivity index (χ1v) is 6.83. The van der Waals surface area contributed by atoms with Crippen molar-refractivity contribution in [3.8, 4) is 0 Å². The number of carboxylic acid groups (broad SMARTS) is 1. The Morgan fingerprint density at radius 3 is 2.00 bits per heavy atom. The Kier molecular flexibility index (Phi) is 3.62. The SMILES string of the molecule is CC(C)(C)S(=O)(=O)Cc1ccc(C(=O)O)cc1. The van der Waals surface area contributed by atoms with Gasteiger partial charge in [0.25, 0.3) is 0 Å². The van der Waals surface area contributed by atoms with Crippen molar-refractivity contribution in [2.75, 3.05) is 0 Å². The van der Waals surface area contributed by atoms with E-state index in [0.717, 1.165) is 0 Å². The first-order chi connectivity index (χ1) is 7.63. The van der Waals surface area contributed by atoms with Crippen molar-refractivity contribution >= 4 is 15.8 Å². The summed E-state index contributed by atoms with van der Waals surface area (Å²) < 4.78 is 23.0. The predicted octanol–water partition coefficient (Wildman–Crippen LogP) is 2.10. The minimum absolute atomic E-state index is 0.0730. The minimum atomic E-state index is -3.23. The molecule has 4 nitrogen and oxygen atoms in total. The van der Waals surface area contributed by atoms with Gasteiger partial charge in [0.1, 0.15) is 0 Å². The van der Waals surface area contributed by atoms with Crippen LogP contribution < -0.4 is 0 Å². The predicted molar refractivity (Wildman–Crippen MR) is 65.8 cm³/mol. The second-order valence-electron chi connectivity index (χ2n) is 4.87. The zero-order chi connectivity index (χ0) is 13.3. The number of hydrogen-bond acceptors (Lipinski definition) is 3. The summed E-state index contributed by atoms with van der Waals surface area (Å²) >= 11 is 0. The molecule has 1 N–H and O–H groups in total. The maximum Gasteiger partial charge on any atom is 0.335 e. The number of aromatic carboxylic acids is 1. The van der Waals surface area contributed by atoms with E-state index in [1.807, 2.05) is 0 Å². The monoisotopic (exact) mass is 256 g/mol. The van der Waals surface area contributed by atoms with Gasteiger partial charge in [0, 0.05) is 0 Å². The summed E-state index contributed by atoms with van der Waals surface area (Å²) in [6, 6.07) is 5.89. The average molecular weight is 256 g/mol. The van der Waals surface area contributed by atoms with E-state index in [1.165, 1.54) is 24.3 Å². The number of carbonyl (C=O) groups is 1. The highest BCUT2D eigenvalue weighted by molar-refractivity contribution is 7.91. The highest BCUT2D eigenvalue weighted by atomic mass is 32.2. The fraction of sp³-hybridized carbons (Fsp3) is 0.417. The van der Waals surface area contributed by atoms with Crippen molar-refractivity contribution in [1.29, 1.82) is 0 Å². The molecule has 0 unspecified atom stereocenters. The van der Waals surface area contributed by atoms with E-state index < -0.39 is 20.6 Å². The average Bonchev–Trinajstić information content (AvgIpc) is 2.16. The van der Waals surface area contributed by atoms with Gasteiger partial charge in [-0.05, 0) is 38.5 Å². The summed E-state index contributed by atoms with van der Waals surface area (Å²) in [6.07, 6.45) is 0. The van der Waals surface area contributed by atoms with Crippen LogP contribution in [-0.2, 0) is 15.6 Å². The zero-order valence-electron chi connectivity index (χ0n) is 10.1. The highest BCUT2D eigenvalue weighted by Gasteiger charge is 2.28. The Balaban J connectivity index is 2.95. The second kappa shape index (κ2) is 4.49. The van der Waals surface area contributed by atoms with Crippen molar-refractivity contribution in [2.24, 2.45) is 0 Å². The van der Waals surface area contributed by atoms with Crippen molar-refractivity contribution in [3.63, 3.8) is 0 Å². The lowest BCUT2D eigenvalue weighted by Gasteiger charge is -2.19. The number of hydrogen-bond donors (Lipinski definition) is 1. The van der Waals surface area contributed by atoms with Gasteiger partial charge < -0.3 is 5.11 Å². The van der Waals surface area contributed by atoms with Crippen LogP contribution in [0, 0.1) is 0 Å². The number of carboxylic acids is 1. The fourth-order valence-electron chi connectivity index (χ4n) is 1.18. The van der Waals surface area contributed by atoms with Gasteiger partial charge in [-0.3, -0.25) is 0 Å². The molecular weight excluding hydrogens is 240 g/mol. The molecule has 1 rings (SSSR count). The maximum absolute atomic E-state index is 11.9. The molecule has 0 spiro atoms. The van der Waals surface area contributed by atoms with E-state index in [0.29, 0.717) is 5.56 Å². The normalized spacial score (nSPS) is 12.4. The molecule has 0 atom stereocenters. The Hall–Kier alpha value is -1.36. The van der Waals surface area contributed by atoms with E-state index in [2.05, 4.69) is 0 Å². The van der Waals surface area contributed by atoms with E-state index in [-0.39, 0.29) is 11.3 Å². The molecule has 1 aromatic carbocycles. The van der Waals surface area contributed by atoms with E-state index in [9.17, 15) is 13.2 Å². The van der Waals surface area contributed by atoms with Gasteiger partial charge in [-0.15, -0.1) is 0 Å². The molecule has 0 radical (unpaired) electrons. The maximum atomic E-state index is 11.9.